The third-order valence-corrected chi connectivity index (χ3v) is 3.83. The molecule has 2 aromatic carbocycles. The van der Waals surface area contributed by atoms with Crippen LogP contribution in [0.5, 0.6) is 0 Å². The van der Waals surface area contributed by atoms with E-state index in [0.717, 1.165) is 21.2 Å². The second-order valence-electron chi connectivity index (χ2n) is 4.91. The van der Waals surface area contributed by atoms with Crippen molar-refractivity contribution in [2.24, 2.45) is 0 Å². The molecule has 0 bridgehead atoms. The van der Waals surface area contributed by atoms with E-state index >= 15 is 0 Å². The molecule has 2 rings (SSSR count). The van der Waals surface area contributed by atoms with Crippen molar-refractivity contribution in [1.82, 2.24) is 0 Å². The van der Waals surface area contributed by atoms with Crippen LogP contribution in [-0.4, -0.2) is 17.0 Å². The van der Waals surface area contributed by atoms with Gasteiger partial charge >= 0.3 is 5.97 Å². The number of halogens is 1. The van der Waals surface area contributed by atoms with Crippen molar-refractivity contribution in [1.29, 1.82) is 0 Å². The average molecular weight is 409 g/mol. The largest absolute Gasteiger partial charge is 0.481 e. The predicted molar refractivity (Wildman–Crippen MR) is 94.1 cm³/mol. The number of nitrogens with one attached hydrogen (secondary N) is 1. The van der Waals surface area contributed by atoms with E-state index < -0.39 is 5.97 Å². The SMILES string of the molecule is O=C(O)CCCc1ccc(NC(=O)c2cccc(I)c2)cc1. The van der Waals surface area contributed by atoms with Crippen LogP contribution in [0.1, 0.15) is 28.8 Å². The highest BCUT2D eigenvalue weighted by Gasteiger charge is 2.06. The standard InChI is InChI=1S/C17H16INO3/c18-14-5-2-4-13(11-14)17(22)19-15-9-7-12(8-10-15)3-1-6-16(20)21/h2,4-5,7-11H,1,3,6H2,(H,19,22)(H,20,21). The highest BCUT2D eigenvalue weighted by atomic mass is 127. The Morgan fingerprint density at radius 2 is 1.82 bits per heavy atom. The summed E-state index contributed by atoms with van der Waals surface area (Å²) in [6, 6.07) is 14.9. The maximum absolute atomic E-state index is 12.1. The van der Waals surface area contributed by atoms with Gasteiger partial charge in [0.25, 0.3) is 5.91 Å². The normalized spacial score (nSPS) is 10.2. The lowest BCUT2D eigenvalue weighted by Crippen LogP contribution is -2.11. The Hall–Kier alpha value is -1.89. The topological polar surface area (TPSA) is 66.4 Å². The second kappa shape index (κ2) is 7.93. The number of aliphatic carboxylic acids is 1. The van der Waals surface area contributed by atoms with Gasteiger partial charge in [-0.1, -0.05) is 18.2 Å². The van der Waals surface area contributed by atoms with Crippen molar-refractivity contribution >= 4 is 40.2 Å². The quantitative estimate of drug-likeness (QED) is 0.711. The lowest BCUT2D eigenvalue weighted by Gasteiger charge is -2.07. The number of carboxylic acids is 1. The minimum atomic E-state index is -0.777. The monoisotopic (exact) mass is 409 g/mol. The zero-order chi connectivity index (χ0) is 15.9. The van der Waals surface area contributed by atoms with E-state index in [-0.39, 0.29) is 12.3 Å². The van der Waals surface area contributed by atoms with Crippen LogP contribution in [0.25, 0.3) is 0 Å². The Morgan fingerprint density at radius 1 is 1.09 bits per heavy atom. The number of amides is 1. The molecule has 1 amide bonds. The molecule has 2 N–H and O–H groups in total. The number of aryl methyl sites for hydroxylation is 1. The molecule has 0 saturated heterocycles. The van der Waals surface area contributed by atoms with Gasteiger partial charge in [0.15, 0.2) is 0 Å². The maximum atomic E-state index is 12.1. The minimum absolute atomic E-state index is 0.142. The first-order chi connectivity index (χ1) is 10.5. The number of hydrogen-bond donors (Lipinski definition) is 2. The van der Waals surface area contributed by atoms with Crippen molar-refractivity contribution in [3.63, 3.8) is 0 Å². The molecule has 5 heteroatoms. The maximum Gasteiger partial charge on any atom is 0.303 e. The van der Waals surface area contributed by atoms with Crippen LogP contribution >= 0.6 is 22.6 Å². The molecule has 0 radical (unpaired) electrons. The van der Waals surface area contributed by atoms with Gasteiger partial charge in [0.1, 0.15) is 0 Å². The lowest BCUT2D eigenvalue weighted by molar-refractivity contribution is -0.137. The number of benzene rings is 2. The van der Waals surface area contributed by atoms with Gasteiger partial charge in [-0.05, 0) is 71.3 Å². The van der Waals surface area contributed by atoms with Gasteiger partial charge < -0.3 is 10.4 Å². The van der Waals surface area contributed by atoms with Gasteiger partial charge in [-0.25, -0.2) is 0 Å². The van der Waals surface area contributed by atoms with Crippen LogP contribution in [0.4, 0.5) is 5.69 Å². The van der Waals surface area contributed by atoms with Crippen molar-refractivity contribution in [2.45, 2.75) is 19.3 Å². The molecule has 0 aromatic heterocycles. The van der Waals surface area contributed by atoms with Crippen LogP contribution in [0.3, 0.4) is 0 Å². The first-order valence-electron chi connectivity index (χ1n) is 6.92. The van der Waals surface area contributed by atoms with E-state index in [1.807, 2.05) is 42.5 Å². The summed E-state index contributed by atoms with van der Waals surface area (Å²) < 4.78 is 1.01. The van der Waals surface area contributed by atoms with Crippen LogP contribution < -0.4 is 5.32 Å². The Morgan fingerprint density at radius 3 is 2.45 bits per heavy atom. The van der Waals surface area contributed by atoms with E-state index in [9.17, 15) is 9.59 Å². The summed E-state index contributed by atoms with van der Waals surface area (Å²) in [7, 11) is 0. The number of carbonyl (C=O) groups excluding carboxylic acids is 1. The molecule has 0 aliphatic rings. The van der Waals surface area contributed by atoms with E-state index in [1.165, 1.54) is 0 Å². The molecule has 0 unspecified atom stereocenters. The average Bonchev–Trinajstić information content (AvgIpc) is 2.48. The molecule has 0 saturated carbocycles. The molecule has 0 aliphatic heterocycles. The fourth-order valence-electron chi connectivity index (χ4n) is 2.03. The molecule has 4 nitrogen and oxygen atoms in total. The zero-order valence-electron chi connectivity index (χ0n) is 11.9. The predicted octanol–water partition coefficient (Wildman–Crippen LogP) is 3.95. The fourth-order valence-corrected chi connectivity index (χ4v) is 2.57. The molecular formula is C17H16INO3. The van der Waals surface area contributed by atoms with Gasteiger partial charge in [-0.3, -0.25) is 9.59 Å². The summed E-state index contributed by atoms with van der Waals surface area (Å²) in [6.07, 6.45) is 1.51. The summed E-state index contributed by atoms with van der Waals surface area (Å²) in [4.78, 5) is 22.6. The Bertz CT molecular complexity index is 668. The number of anilines is 1. The van der Waals surface area contributed by atoms with E-state index in [1.54, 1.807) is 6.07 Å². The molecular weight excluding hydrogens is 393 g/mol. The van der Waals surface area contributed by atoms with Crippen molar-refractivity contribution < 1.29 is 14.7 Å². The third kappa shape index (κ3) is 5.14. The summed E-state index contributed by atoms with van der Waals surface area (Å²) in [6.45, 7) is 0. The molecule has 0 aliphatic carbocycles. The van der Waals surface area contributed by atoms with Crippen LogP contribution in [0.15, 0.2) is 48.5 Å². The van der Waals surface area contributed by atoms with E-state index in [4.69, 9.17) is 5.11 Å². The Labute approximate surface area is 142 Å². The van der Waals surface area contributed by atoms with Crippen molar-refractivity contribution in [2.75, 3.05) is 5.32 Å². The molecule has 0 spiro atoms. The second-order valence-corrected chi connectivity index (χ2v) is 6.15. The van der Waals surface area contributed by atoms with Gasteiger partial charge in [-0.2, -0.15) is 0 Å². The fraction of sp³-hybridized carbons (Fsp3) is 0.176. The minimum Gasteiger partial charge on any atom is -0.481 e. The highest BCUT2D eigenvalue weighted by Crippen LogP contribution is 2.14. The summed E-state index contributed by atoms with van der Waals surface area (Å²) in [5, 5.41) is 11.5. The summed E-state index contributed by atoms with van der Waals surface area (Å²) in [5.74, 6) is -0.918. The van der Waals surface area contributed by atoms with E-state index in [2.05, 4.69) is 27.9 Å². The molecule has 22 heavy (non-hydrogen) atoms. The van der Waals surface area contributed by atoms with Gasteiger partial charge in [0, 0.05) is 21.2 Å². The van der Waals surface area contributed by atoms with Crippen molar-refractivity contribution in [3.05, 3.63) is 63.2 Å². The van der Waals surface area contributed by atoms with Crippen LogP contribution in [0.2, 0.25) is 0 Å². The number of carboxylic acid groups (broad SMARTS) is 1. The summed E-state index contributed by atoms with van der Waals surface area (Å²) in [5.41, 5.74) is 2.41. The first-order valence-corrected chi connectivity index (χ1v) is 8.00. The van der Waals surface area contributed by atoms with Crippen LogP contribution in [0, 0.1) is 3.57 Å². The van der Waals surface area contributed by atoms with E-state index in [0.29, 0.717) is 12.0 Å². The molecule has 2 aromatic rings. The number of carbonyl (C=O) groups is 2. The summed E-state index contributed by atoms with van der Waals surface area (Å²) >= 11 is 2.17. The highest BCUT2D eigenvalue weighted by molar-refractivity contribution is 14.1. The zero-order valence-corrected chi connectivity index (χ0v) is 14.0. The lowest BCUT2D eigenvalue weighted by atomic mass is 10.1. The first kappa shape index (κ1) is 16.5. The van der Waals surface area contributed by atoms with Crippen molar-refractivity contribution in [3.8, 4) is 0 Å². The molecule has 0 heterocycles. The van der Waals surface area contributed by atoms with Gasteiger partial charge in [0.2, 0.25) is 0 Å². The molecule has 114 valence electrons. The van der Waals surface area contributed by atoms with Gasteiger partial charge in [-0.15, -0.1) is 0 Å². The number of rotatable bonds is 6. The Balaban J connectivity index is 1.93. The van der Waals surface area contributed by atoms with Crippen LogP contribution in [-0.2, 0) is 11.2 Å². The Kier molecular flexibility index (Phi) is 5.94. The number of hydrogen-bond acceptors (Lipinski definition) is 2. The third-order valence-electron chi connectivity index (χ3n) is 3.15. The molecule has 0 fully saturated rings. The smallest absolute Gasteiger partial charge is 0.303 e. The van der Waals surface area contributed by atoms with Gasteiger partial charge in [0.05, 0.1) is 0 Å². The molecule has 0 atom stereocenters.